The fraction of sp³-hybridized carbons (Fsp3) is 0.0909. The Bertz CT molecular complexity index is 723. The summed E-state index contributed by atoms with van der Waals surface area (Å²) >= 11 is 11.2. The summed E-state index contributed by atoms with van der Waals surface area (Å²) in [6.45, 7) is -0.316. The van der Waals surface area contributed by atoms with Gasteiger partial charge in [0.05, 0.1) is 22.3 Å². The maximum absolute atomic E-state index is 13.2. The summed E-state index contributed by atoms with van der Waals surface area (Å²) < 4.78 is 39.5. The van der Waals surface area contributed by atoms with Crippen LogP contribution in [-0.2, 0) is 16.6 Å². The highest BCUT2D eigenvalue weighted by atomic mass is 35.5. The number of hydrogen-bond donors (Lipinski definition) is 3. The topological polar surface area (TPSA) is 82.2 Å². The Morgan fingerprint density at radius 3 is 2.35 bits per heavy atom. The average Bonchev–Trinajstić information content (AvgIpc) is 2.85. The number of halogens is 3. The molecule has 0 aliphatic heterocycles. The number of rotatable bonds is 4. The molecule has 0 unspecified atom stereocenters. The van der Waals surface area contributed by atoms with Crippen LogP contribution in [0.3, 0.4) is 0 Å². The van der Waals surface area contributed by atoms with Crippen LogP contribution in [0.4, 0.5) is 10.1 Å². The molecule has 20 heavy (non-hydrogen) atoms. The monoisotopic (exact) mass is 338 g/mol. The molecular weight excluding hydrogens is 330 g/mol. The number of H-pyrrole nitrogens is 1. The summed E-state index contributed by atoms with van der Waals surface area (Å²) in [5, 5.41) is 8.30. The first-order valence-corrected chi connectivity index (χ1v) is 7.53. The van der Waals surface area contributed by atoms with E-state index in [0.29, 0.717) is 5.69 Å². The van der Waals surface area contributed by atoms with Gasteiger partial charge in [-0.25, -0.2) is 12.8 Å². The molecule has 2 rings (SSSR count). The minimum atomic E-state index is -3.88. The number of aromatic amines is 1. The molecule has 0 aliphatic carbocycles. The van der Waals surface area contributed by atoms with Crippen LogP contribution in [-0.4, -0.2) is 18.5 Å². The summed E-state index contributed by atoms with van der Waals surface area (Å²) in [5.74, 6) is -0.819. The predicted molar refractivity (Wildman–Crippen MR) is 73.9 cm³/mol. The highest BCUT2D eigenvalue weighted by Gasteiger charge is 2.17. The lowest BCUT2D eigenvalue weighted by Gasteiger charge is -2.08. The Balaban J connectivity index is 2.33. The fourth-order valence-electron chi connectivity index (χ4n) is 1.49. The smallest absolute Gasteiger partial charge is 0.263 e. The Hall–Kier alpha value is -1.28. The standard InChI is InChI=1S/C11H9Cl2FN2O3S/c12-9-2-6(3-10(13)11(9)14)16-20(18,19)8-1-7(5-17)15-4-8/h1-4,15-17H,5H2. The first-order valence-electron chi connectivity index (χ1n) is 5.29. The van der Waals surface area contributed by atoms with Gasteiger partial charge in [0.2, 0.25) is 0 Å². The summed E-state index contributed by atoms with van der Waals surface area (Å²) in [5.41, 5.74) is 0.383. The largest absolute Gasteiger partial charge is 0.390 e. The van der Waals surface area contributed by atoms with Crippen molar-refractivity contribution in [2.24, 2.45) is 0 Å². The lowest BCUT2D eigenvalue weighted by Crippen LogP contribution is -2.12. The fourth-order valence-corrected chi connectivity index (χ4v) is 3.04. The zero-order valence-electron chi connectivity index (χ0n) is 9.82. The van der Waals surface area contributed by atoms with E-state index in [-0.39, 0.29) is 27.2 Å². The van der Waals surface area contributed by atoms with Crippen LogP contribution in [0.25, 0.3) is 0 Å². The third kappa shape index (κ3) is 3.06. The molecule has 0 aliphatic rings. The van der Waals surface area contributed by atoms with Crippen LogP contribution in [0.2, 0.25) is 10.0 Å². The molecule has 108 valence electrons. The Morgan fingerprint density at radius 2 is 1.85 bits per heavy atom. The maximum Gasteiger partial charge on any atom is 0.263 e. The highest BCUT2D eigenvalue weighted by molar-refractivity contribution is 7.92. The molecule has 1 aromatic heterocycles. The van der Waals surface area contributed by atoms with Crippen molar-refractivity contribution < 1.29 is 17.9 Å². The molecule has 2 aromatic rings. The van der Waals surface area contributed by atoms with Gasteiger partial charge in [0, 0.05) is 11.9 Å². The van der Waals surface area contributed by atoms with Gasteiger partial charge in [-0.3, -0.25) is 4.72 Å². The minimum absolute atomic E-state index is 0.0353. The van der Waals surface area contributed by atoms with Gasteiger partial charge in [0.15, 0.2) is 5.82 Å². The molecule has 0 saturated heterocycles. The zero-order chi connectivity index (χ0) is 14.9. The summed E-state index contributed by atoms with van der Waals surface area (Å²) in [7, 11) is -3.88. The van der Waals surface area contributed by atoms with Crippen LogP contribution >= 0.6 is 23.2 Å². The number of sulfonamides is 1. The lowest BCUT2D eigenvalue weighted by atomic mass is 10.3. The second kappa shape index (κ2) is 5.61. The lowest BCUT2D eigenvalue weighted by molar-refractivity contribution is 0.277. The van der Waals surface area contributed by atoms with Gasteiger partial charge in [-0.15, -0.1) is 0 Å². The number of nitrogens with one attached hydrogen (secondary N) is 2. The van der Waals surface area contributed by atoms with E-state index < -0.39 is 15.8 Å². The maximum atomic E-state index is 13.2. The van der Waals surface area contributed by atoms with Crippen molar-refractivity contribution in [3.05, 3.63) is 46.0 Å². The van der Waals surface area contributed by atoms with Gasteiger partial charge in [0.25, 0.3) is 10.0 Å². The number of aromatic nitrogens is 1. The number of benzene rings is 1. The van der Waals surface area contributed by atoms with Crippen molar-refractivity contribution in [2.75, 3.05) is 4.72 Å². The molecule has 0 spiro atoms. The Labute approximate surface area is 124 Å². The number of aliphatic hydroxyl groups excluding tert-OH is 1. The summed E-state index contributed by atoms with van der Waals surface area (Å²) in [6.07, 6.45) is 1.22. The van der Waals surface area contributed by atoms with E-state index in [1.54, 1.807) is 0 Å². The normalized spacial score (nSPS) is 11.6. The van der Waals surface area contributed by atoms with Crippen molar-refractivity contribution in [1.29, 1.82) is 0 Å². The van der Waals surface area contributed by atoms with E-state index in [9.17, 15) is 12.8 Å². The van der Waals surface area contributed by atoms with E-state index >= 15 is 0 Å². The molecule has 5 nitrogen and oxygen atoms in total. The third-order valence-corrected chi connectivity index (χ3v) is 4.34. The van der Waals surface area contributed by atoms with Crippen molar-refractivity contribution in [1.82, 2.24) is 4.98 Å². The van der Waals surface area contributed by atoms with Gasteiger partial charge >= 0.3 is 0 Å². The third-order valence-electron chi connectivity index (χ3n) is 2.43. The summed E-state index contributed by atoms with van der Waals surface area (Å²) in [6, 6.07) is 3.49. The highest BCUT2D eigenvalue weighted by Crippen LogP contribution is 2.28. The molecular formula is C11H9Cl2FN2O3S. The van der Waals surface area contributed by atoms with Gasteiger partial charge in [0.1, 0.15) is 4.90 Å². The Kier molecular flexibility index (Phi) is 4.24. The molecule has 9 heteroatoms. The van der Waals surface area contributed by atoms with Gasteiger partial charge in [-0.05, 0) is 18.2 Å². The molecule has 0 bridgehead atoms. The van der Waals surface area contributed by atoms with Crippen LogP contribution in [0, 0.1) is 5.82 Å². The van der Waals surface area contributed by atoms with E-state index in [2.05, 4.69) is 9.71 Å². The zero-order valence-corrected chi connectivity index (χ0v) is 12.2. The minimum Gasteiger partial charge on any atom is -0.390 e. The van der Waals surface area contributed by atoms with Crippen molar-refractivity contribution in [3.8, 4) is 0 Å². The number of hydrogen-bond acceptors (Lipinski definition) is 3. The molecule has 0 atom stereocenters. The van der Waals surface area contributed by atoms with Gasteiger partial charge < -0.3 is 10.1 Å². The first-order chi connectivity index (χ1) is 9.33. The molecule has 0 fully saturated rings. The molecule has 0 radical (unpaired) electrons. The molecule has 1 aromatic carbocycles. The molecule has 0 amide bonds. The van der Waals surface area contributed by atoms with Crippen LogP contribution < -0.4 is 4.72 Å². The second-order valence-corrected chi connectivity index (χ2v) is 6.37. The van der Waals surface area contributed by atoms with Crippen molar-refractivity contribution >= 4 is 38.9 Å². The SMILES string of the molecule is O=S(=O)(Nc1cc(Cl)c(F)c(Cl)c1)c1c[nH]c(CO)c1. The molecule has 3 N–H and O–H groups in total. The van der Waals surface area contributed by atoms with Gasteiger partial charge in [-0.2, -0.15) is 0 Å². The van der Waals surface area contributed by atoms with Crippen LogP contribution in [0.15, 0.2) is 29.3 Å². The van der Waals surface area contributed by atoms with E-state index in [0.717, 1.165) is 12.1 Å². The van der Waals surface area contributed by atoms with E-state index in [1.807, 2.05) is 0 Å². The number of aliphatic hydroxyl groups is 1. The van der Waals surface area contributed by atoms with Crippen molar-refractivity contribution in [3.63, 3.8) is 0 Å². The molecule has 1 heterocycles. The van der Waals surface area contributed by atoms with Gasteiger partial charge in [-0.1, -0.05) is 23.2 Å². The predicted octanol–water partition coefficient (Wildman–Crippen LogP) is 2.75. The summed E-state index contributed by atoms with van der Waals surface area (Å²) in [4.78, 5) is 2.53. The van der Waals surface area contributed by atoms with Crippen LogP contribution in [0.5, 0.6) is 0 Å². The quantitative estimate of drug-likeness (QED) is 0.749. The van der Waals surface area contributed by atoms with Crippen molar-refractivity contribution in [2.45, 2.75) is 11.5 Å². The van der Waals surface area contributed by atoms with Crippen LogP contribution in [0.1, 0.15) is 5.69 Å². The first kappa shape index (κ1) is 15.1. The Morgan fingerprint density at radius 1 is 1.25 bits per heavy atom. The average molecular weight is 339 g/mol. The number of anilines is 1. The second-order valence-electron chi connectivity index (χ2n) is 3.88. The van der Waals surface area contributed by atoms with E-state index in [1.165, 1.54) is 12.3 Å². The van der Waals surface area contributed by atoms with E-state index in [4.69, 9.17) is 28.3 Å². The molecule has 0 saturated carbocycles.